The molecule has 0 unspecified atom stereocenters. The van der Waals surface area contributed by atoms with Crippen LogP contribution in [-0.2, 0) is 25.5 Å². The number of carbonyl (C=O) groups is 1. The fraction of sp³-hybridized carbons (Fsp3) is 0.172. The first-order valence-corrected chi connectivity index (χ1v) is 13.8. The maximum Gasteiger partial charge on any atom is 0.338 e. The molecule has 0 fully saturated rings. The van der Waals surface area contributed by atoms with Gasteiger partial charge >= 0.3 is 5.97 Å². The van der Waals surface area contributed by atoms with Gasteiger partial charge in [-0.1, -0.05) is 66.2 Å². The lowest BCUT2D eigenvalue weighted by molar-refractivity contribution is 0.0599. The normalized spacial score (nSPS) is 12.6. The minimum absolute atomic E-state index is 0.348. The van der Waals surface area contributed by atoms with Gasteiger partial charge in [0.1, 0.15) is 6.10 Å². The third-order valence-electron chi connectivity index (χ3n) is 5.79. The molecule has 0 saturated heterocycles. The van der Waals surface area contributed by atoms with Gasteiger partial charge in [-0.05, 0) is 65.9 Å². The van der Waals surface area contributed by atoms with Crippen molar-refractivity contribution in [3.63, 3.8) is 0 Å². The summed E-state index contributed by atoms with van der Waals surface area (Å²) < 4.78 is 34.4. The highest BCUT2D eigenvalue weighted by Gasteiger charge is 2.20. The molecule has 0 amide bonds. The van der Waals surface area contributed by atoms with Crippen LogP contribution in [0, 0.1) is 0 Å². The van der Waals surface area contributed by atoms with Gasteiger partial charge in [0.15, 0.2) is 0 Å². The summed E-state index contributed by atoms with van der Waals surface area (Å²) >= 11 is 6.10. The number of aryl methyl sites for hydroxylation is 1. The van der Waals surface area contributed by atoms with E-state index < -0.39 is 22.2 Å². The minimum Gasteiger partial charge on any atom is -0.465 e. The molecule has 0 aliphatic rings. The lowest BCUT2D eigenvalue weighted by Gasteiger charge is -2.18. The number of hydrogen-bond donors (Lipinski definition) is 0. The van der Waals surface area contributed by atoms with Crippen molar-refractivity contribution >= 4 is 50.7 Å². The molecular formula is C29H26ClNO5S. The fourth-order valence-electron chi connectivity index (χ4n) is 4.06. The van der Waals surface area contributed by atoms with Crippen LogP contribution in [0.1, 0.15) is 45.3 Å². The molecule has 190 valence electrons. The number of pyridine rings is 1. The molecule has 0 bridgehead atoms. The Bertz CT molecular complexity index is 1570. The second-order valence-corrected chi connectivity index (χ2v) is 10.6. The average Bonchev–Trinajstić information content (AvgIpc) is 2.89. The van der Waals surface area contributed by atoms with E-state index in [1.54, 1.807) is 12.1 Å². The van der Waals surface area contributed by atoms with Crippen molar-refractivity contribution < 1.29 is 22.1 Å². The van der Waals surface area contributed by atoms with E-state index in [9.17, 15) is 13.2 Å². The van der Waals surface area contributed by atoms with Crippen LogP contribution in [0.25, 0.3) is 23.1 Å². The van der Waals surface area contributed by atoms with Crippen molar-refractivity contribution in [1.82, 2.24) is 4.98 Å². The van der Waals surface area contributed by atoms with Gasteiger partial charge in [-0.25, -0.2) is 9.78 Å². The van der Waals surface area contributed by atoms with Gasteiger partial charge < -0.3 is 4.74 Å². The van der Waals surface area contributed by atoms with Crippen LogP contribution in [0.2, 0.25) is 5.02 Å². The average molecular weight is 536 g/mol. The summed E-state index contributed by atoms with van der Waals surface area (Å²) in [7, 11) is -2.40. The standard InChI is InChI=1S/C29H26ClNO5S/c1-35-29(32)26-9-4-3-7-21(26)13-17-28(36-37(2,33)34)23-8-5-6-20(18-23)10-15-25-16-12-22-11-14-24(30)19-27(22)31-25/h3-12,14-16,18-19,28H,13,17H2,1-2H3/t28-/m0/s1. The van der Waals surface area contributed by atoms with Crippen LogP contribution in [-0.4, -0.2) is 32.7 Å². The van der Waals surface area contributed by atoms with Crippen molar-refractivity contribution in [3.05, 3.63) is 112 Å². The molecule has 0 N–H and O–H groups in total. The van der Waals surface area contributed by atoms with Crippen molar-refractivity contribution in [3.8, 4) is 0 Å². The Balaban J connectivity index is 1.57. The first-order valence-electron chi connectivity index (χ1n) is 11.6. The maximum absolute atomic E-state index is 12.1. The van der Waals surface area contributed by atoms with E-state index >= 15 is 0 Å². The van der Waals surface area contributed by atoms with Gasteiger partial charge in [-0.15, -0.1) is 0 Å². The van der Waals surface area contributed by atoms with Gasteiger partial charge in [0, 0.05) is 10.4 Å². The highest BCUT2D eigenvalue weighted by Crippen LogP contribution is 2.27. The maximum atomic E-state index is 12.1. The Morgan fingerprint density at radius 2 is 1.78 bits per heavy atom. The Morgan fingerprint density at radius 1 is 1.00 bits per heavy atom. The molecule has 1 heterocycles. The molecule has 0 spiro atoms. The zero-order chi connectivity index (χ0) is 26.4. The van der Waals surface area contributed by atoms with E-state index in [0.717, 1.165) is 34.0 Å². The summed E-state index contributed by atoms with van der Waals surface area (Å²) in [5, 5.41) is 1.62. The smallest absolute Gasteiger partial charge is 0.338 e. The SMILES string of the molecule is COC(=O)c1ccccc1CC[C@H](OS(C)(=O)=O)c1cccc(C=Cc2ccc3ccc(Cl)cc3n2)c1. The zero-order valence-corrected chi connectivity index (χ0v) is 22.0. The van der Waals surface area contributed by atoms with E-state index in [1.807, 2.05) is 78.9 Å². The van der Waals surface area contributed by atoms with Gasteiger partial charge in [-0.2, -0.15) is 8.42 Å². The van der Waals surface area contributed by atoms with Crippen molar-refractivity contribution in [2.45, 2.75) is 18.9 Å². The van der Waals surface area contributed by atoms with Gasteiger partial charge in [-0.3, -0.25) is 4.18 Å². The third-order valence-corrected chi connectivity index (χ3v) is 6.61. The van der Waals surface area contributed by atoms with Crippen LogP contribution in [0.5, 0.6) is 0 Å². The molecule has 1 atom stereocenters. The van der Waals surface area contributed by atoms with E-state index in [1.165, 1.54) is 7.11 Å². The van der Waals surface area contributed by atoms with Gasteiger partial charge in [0.05, 0.1) is 30.1 Å². The van der Waals surface area contributed by atoms with Gasteiger partial charge in [0.25, 0.3) is 10.1 Å². The molecule has 8 heteroatoms. The van der Waals surface area contributed by atoms with Crippen LogP contribution in [0.4, 0.5) is 0 Å². The predicted octanol–water partition coefficient (Wildman–Crippen LogP) is 6.50. The summed E-state index contributed by atoms with van der Waals surface area (Å²) in [6.07, 6.45) is 4.88. The highest BCUT2D eigenvalue weighted by atomic mass is 35.5. The molecule has 0 saturated carbocycles. The topological polar surface area (TPSA) is 82.6 Å². The summed E-state index contributed by atoms with van der Waals surface area (Å²) in [6.45, 7) is 0. The Hall–Kier alpha value is -3.52. The fourth-order valence-corrected chi connectivity index (χ4v) is 4.85. The molecular weight excluding hydrogens is 510 g/mol. The van der Waals surface area contributed by atoms with Gasteiger partial charge in [0.2, 0.25) is 0 Å². The van der Waals surface area contributed by atoms with E-state index in [0.29, 0.717) is 29.0 Å². The predicted molar refractivity (Wildman–Crippen MR) is 147 cm³/mol. The van der Waals surface area contributed by atoms with Crippen LogP contribution in [0.3, 0.4) is 0 Å². The molecule has 0 aliphatic carbocycles. The number of ether oxygens (including phenoxy) is 1. The van der Waals surface area contributed by atoms with Crippen molar-refractivity contribution in [2.75, 3.05) is 13.4 Å². The Labute approximate surface area is 221 Å². The first-order chi connectivity index (χ1) is 17.7. The quantitative estimate of drug-likeness (QED) is 0.180. The number of benzene rings is 3. The number of hydrogen-bond acceptors (Lipinski definition) is 6. The van der Waals surface area contributed by atoms with E-state index in [-0.39, 0.29) is 0 Å². The number of fused-ring (bicyclic) bond motifs is 1. The van der Waals surface area contributed by atoms with Crippen molar-refractivity contribution in [1.29, 1.82) is 0 Å². The Morgan fingerprint density at radius 3 is 2.57 bits per heavy atom. The Kier molecular flexibility index (Phi) is 8.38. The largest absolute Gasteiger partial charge is 0.465 e. The molecule has 0 aliphatic heterocycles. The van der Waals surface area contributed by atoms with Crippen molar-refractivity contribution in [2.24, 2.45) is 0 Å². The summed E-state index contributed by atoms with van der Waals surface area (Å²) in [5.74, 6) is -0.437. The lowest BCUT2D eigenvalue weighted by Crippen LogP contribution is -2.13. The number of rotatable bonds is 9. The number of carbonyl (C=O) groups excluding carboxylic acids is 1. The molecule has 4 aromatic rings. The second kappa shape index (κ2) is 11.7. The number of halogens is 1. The molecule has 0 radical (unpaired) electrons. The number of esters is 1. The van der Waals surface area contributed by atoms with Crippen LogP contribution < -0.4 is 0 Å². The number of methoxy groups -OCH3 is 1. The summed E-state index contributed by atoms with van der Waals surface area (Å²) in [6, 6.07) is 24.1. The van der Waals surface area contributed by atoms with E-state index in [4.69, 9.17) is 20.5 Å². The second-order valence-electron chi connectivity index (χ2n) is 8.55. The summed E-state index contributed by atoms with van der Waals surface area (Å²) in [4.78, 5) is 16.8. The van der Waals surface area contributed by atoms with Crippen LogP contribution >= 0.6 is 11.6 Å². The van der Waals surface area contributed by atoms with E-state index in [2.05, 4.69) is 4.98 Å². The molecule has 1 aromatic heterocycles. The van der Waals surface area contributed by atoms with Crippen LogP contribution in [0.15, 0.2) is 78.9 Å². The lowest BCUT2D eigenvalue weighted by atomic mass is 9.97. The monoisotopic (exact) mass is 535 g/mol. The molecule has 6 nitrogen and oxygen atoms in total. The highest BCUT2D eigenvalue weighted by molar-refractivity contribution is 7.86. The third kappa shape index (κ3) is 7.26. The number of nitrogens with zero attached hydrogens (tertiary/aromatic N) is 1. The first kappa shape index (κ1) is 26.5. The number of aromatic nitrogens is 1. The summed E-state index contributed by atoms with van der Waals surface area (Å²) in [5.41, 5.74) is 4.35. The molecule has 37 heavy (non-hydrogen) atoms. The minimum atomic E-state index is -3.73. The zero-order valence-electron chi connectivity index (χ0n) is 20.4. The molecule has 3 aromatic carbocycles. The molecule has 4 rings (SSSR count).